The Labute approximate surface area is 117 Å². The third-order valence-electron chi connectivity index (χ3n) is 3.84. The molecular formula is C13H22N2O3S. The van der Waals surface area contributed by atoms with E-state index in [4.69, 9.17) is 5.73 Å². The zero-order chi connectivity index (χ0) is 14.2. The van der Waals surface area contributed by atoms with Crippen molar-refractivity contribution in [2.45, 2.75) is 56.5 Å². The summed E-state index contributed by atoms with van der Waals surface area (Å²) >= 11 is 1.59. The SMILES string of the molecule is CCCC(C)(N)C(=O)N1C(C(=O)O)CSC1C1CC1. The van der Waals surface area contributed by atoms with Crippen molar-refractivity contribution in [3.63, 3.8) is 0 Å². The number of carbonyl (C=O) groups excluding carboxylic acids is 1. The largest absolute Gasteiger partial charge is 0.480 e. The predicted molar refractivity (Wildman–Crippen MR) is 74.7 cm³/mol. The van der Waals surface area contributed by atoms with E-state index >= 15 is 0 Å². The topological polar surface area (TPSA) is 83.6 Å². The molecule has 0 aromatic rings. The molecule has 1 saturated heterocycles. The molecule has 3 atom stereocenters. The quantitative estimate of drug-likeness (QED) is 0.795. The smallest absolute Gasteiger partial charge is 0.327 e. The lowest BCUT2D eigenvalue weighted by Crippen LogP contribution is -2.58. The number of aliphatic carboxylic acids is 1. The van der Waals surface area contributed by atoms with Gasteiger partial charge in [-0.1, -0.05) is 13.3 Å². The van der Waals surface area contributed by atoms with E-state index in [1.165, 1.54) is 0 Å². The highest BCUT2D eigenvalue weighted by atomic mass is 32.2. The molecule has 3 N–H and O–H groups in total. The van der Waals surface area contributed by atoms with Crippen molar-refractivity contribution >= 4 is 23.6 Å². The van der Waals surface area contributed by atoms with Gasteiger partial charge in [-0.25, -0.2) is 4.79 Å². The van der Waals surface area contributed by atoms with Gasteiger partial charge in [-0.3, -0.25) is 4.79 Å². The summed E-state index contributed by atoms with van der Waals surface area (Å²) in [4.78, 5) is 25.5. The minimum atomic E-state index is -0.958. The first kappa shape index (κ1) is 14.7. The van der Waals surface area contributed by atoms with Crippen molar-refractivity contribution in [2.75, 3.05) is 5.75 Å². The summed E-state index contributed by atoms with van der Waals surface area (Å²) in [6, 6.07) is -0.720. The number of carboxylic acid groups (broad SMARTS) is 1. The summed E-state index contributed by atoms with van der Waals surface area (Å²) < 4.78 is 0. The van der Waals surface area contributed by atoms with E-state index in [9.17, 15) is 14.7 Å². The molecular weight excluding hydrogens is 264 g/mol. The minimum absolute atomic E-state index is 0.00771. The Bertz CT molecular complexity index is 382. The van der Waals surface area contributed by atoms with E-state index in [0.29, 0.717) is 18.1 Å². The number of nitrogens with zero attached hydrogens (tertiary/aromatic N) is 1. The van der Waals surface area contributed by atoms with Crippen LogP contribution in [0.25, 0.3) is 0 Å². The second kappa shape index (κ2) is 5.32. The van der Waals surface area contributed by atoms with Crippen LogP contribution in [0.3, 0.4) is 0 Å². The summed E-state index contributed by atoms with van der Waals surface area (Å²) in [6.45, 7) is 3.69. The van der Waals surface area contributed by atoms with Gasteiger partial charge in [0.1, 0.15) is 6.04 Å². The number of amides is 1. The van der Waals surface area contributed by atoms with Gasteiger partial charge in [-0.2, -0.15) is 0 Å². The van der Waals surface area contributed by atoms with E-state index in [-0.39, 0.29) is 11.3 Å². The van der Waals surface area contributed by atoms with Gasteiger partial charge in [-0.05, 0) is 32.1 Å². The molecule has 3 unspecified atom stereocenters. The Morgan fingerprint density at radius 2 is 2.11 bits per heavy atom. The second-order valence-electron chi connectivity index (χ2n) is 5.80. The first-order valence-corrected chi connectivity index (χ1v) is 7.89. The summed E-state index contributed by atoms with van der Waals surface area (Å²) in [7, 11) is 0. The predicted octanol–water partition coefficient (Wildman–Crippen LogP) is 1.27. The van der Waals surface area contributed by atoms with E-state index < -0.39 is 17.6 Å². The molecule has 19 heavy (non-hydrogen) atoms. The van der Waals surface area contributed by atoms with Gasteiger partial charge in [0, 0.05) is 5.75 Å². The molecule has 2 fully saturated rings. The molecule has 0 aromatic heterocycles. The number of carboxylic acids is 1. The number of hydrogen-bond acceptors (Lipinski definition) is 4. The van der Waals surface area contributed by atoms with Crippen molar-refractivity contribution in [3.05, 3.63) is 0 Å². The van der Waals surface area contributed by atoms with Crippen LogP contribution in [0, 0.1) is 5.92 Å². The fourth-order valence-electron chi connectivity index (χ4n) is 2.64. The van der Waals surface area contributed by atoms with Gasteiger partial charge in [0.05, 0.1) is 10.9 Å². The fourth-order valence-corrected chi connectivity index (χ4v) is 4.27. The average Bonchev–Trinajstić information content (AvgIpc) is 3.06. The van der Waals surface area contributed by atoms with Crippen LogP contribution in [0.2, 0.25) is 0 Å². The van der Waals surface area contributed by atoms with Crippen LogP contribution in [0.15, 0.2) is 0 Å². The molecule has 5 nitrogen and oxygen atoms in total. The highest BCUT2D eigenvalue weighted by molar-refractivity contribution is 8.00. The molecule has 0 radical (unpaired) electrons. The van der Waals surface area contributed by atoms with Gasteiger partial charge in [0.15, 0.2) is 0 Å². The van der Waals surface area contributed by atoms with Gasteiger partial charge in [0.25, 0.3) is 0 Å². The van der Waals surface area contributed by atoms with E-state index in [0.717, 1.165) is 19.3 Å². The summed E-state index contributed by atoms with van der Waals surface area (Å²) in [5.41, 5.74) is 5.14. The third-order valence-corrected chi connectivity index (χ3v) is 5.30. The molecule has 1 aliphatic heterocycles. The molecule has 1 saturated carbocycles. The maximum Gasteiger partial charge on any atom is 0.327 e. The Hall–Kier alpha value is -0.750. The lowest BCUT2D eigenvalue weighted by Gasteiger charge is -2.34. The maximum atomic E-state index is 12.6. The van der Waals surface area contributed by atoms with Crippen molar-refractivity contribution in [1.82, 2.24) is 4.90 Å². The molecule has 0 aromatic carbocycles. The fraction of sp³-hybridized carbons (Fsp3) is 0.846. The van der Waals surface area contributed by atoms with Crippen LogP contribution >= 0.6 is 11.8 Å². The molecule has 108 valence electrons. The summed E-state index contributed by atoms with van der Waals surface area (Å²) in [5, 5.41) is 9.31. The Balaban J connectivity index is 2.20. The number of carbonyl (C=O) groups is 2. The minimum Gasteiger partial charge on any atom is -0.480 e. The third kappa shape index (κ3) is 2.89. The number of hydrogen-bond donors (Lipinski definition) is 2. The average molecular weight is 286 g/mol. The first-order chi connectivity index (χ1) is 8.88. The number of rotatable bonds is 5. The van der Waals surface area contributed by atoms with Crippen LogP contribution < -0.4 is 5.73 Å². The Kier molecular flexibility index (Phi) is 4.11. The maximum absolute atomic E-state index is 12.6. The highest BCUT2D eigenvalue weighted by Crippen LogP contribution is 2.46. The molecule has 1 aliphatic carbocycles. The summed E-state index contributed by atoms with van der Waals surface area (Å²) in [6.07, 6.45) is 3.56. The summed E-state index contributed by atoms with van der Waals surface area (Å²) in [5.74, 6) is -0.194. The molecule has 1 amide bonds. The molecule has 0 spiro atoms. The molecule has 6 heteroatoms. The molecule has 2 rings (SSSR count). The van der Waals surface area contributed by atoms with Crippen LogP contribution in [0.4, 0.5) is 0 Å². The van der Waals surface area contributed by atoms with Gasteiger partial charge < -0.3 is 15.7 Å². The lowest BCUT2D eigenvalue weighted by molar-refractivity contribution is -0.151. The zero-order valence-electron chi connectivity index (χ0n) is 11.5. The van der Waals surface area contributed by atoms with Crippen molar-refractivity contribution in [1.29, 1.82) is 0 Å². The highest BCUT2D eigenvalue weighted by Gasteiger charge is 2.50. The van der Waals surface area contributed by atoms with Crippen molar-refractivity contribution < 1.29 is 14.7 Å². The van der Waals surface area contributed by atoms with E-state index in [2.05, 4.69) is 0 Å². The zero-order valence-corrected chi connectivity index (χ0v) is 12.3. The second-order valence-corrected chi connectivity index (χ2v) is 6.94. The van der Waals surface area contributed by atoms with Crippen molar-refractivity contribution in [2.24, 2.45) is 11.7 Å². The normalized spacial score (nSPS) is 30.2. The lowest BCUT2D eigenvalue weighted by atomic mass is 9.95. The van der Waals surface area contributed by atoms with Crippen molar-refractivity contribution in [3.8, 4) is 0 Å². The van der Waals surface area contributed by atoms with Crippen LogP contribution in [-0.4, -0.2) is 44.6 Å². The van der Waals surface area contributed by atoms with E-state index in [1.54, 1.807) is 23.6 Å². The monoisotopic (exact) mass is 286 g/mol. The Morgan fingerprint density at radius 3 is 2.58 bits per heavy atom. The van der Waals surface area contributed by atoms with E-state index in [1.807, 2.05) is 6.92 Å². The number of nitrogens with two attached hydrogens (primary N) is 1. The Morgan fingerprint density at radius 1 is 1.47 bits per heavy atom. The van der Waals surface area contributed by atoms with Gasteiger partial charge in [-0.15, -0.1) is 11.8 Å². The number of thioether (sulfide) groups is 1. The van der Waals surface area contributed by atoms with Crippen LogP contribution in [0.1, 0.15) is 39.5 Å². The molecule has 1 heterocycles. The van der Waals surface area contributed by atoms with Gasteiger partial charge in [0.2, 0.25) is 5.91 Å². The first-order valence-electron chi connectivity index (χ1n) is 6.84. The van der Waals surface area contributed by atoms with Gasteiger partial charge >= 0.3 is 5.97 Å². The standard InChI is InChI=1S/C13H22N2O3S/c1-3-6-13(2,14)12(18)15-9(11(16)17)7-19-10(15)8-4-5-8/h8-10H,3-7,14H2,1-2H3,(H,16,17). The molecule has 2 aliphatic rings. The molecule has 0 bridgehead atoms. The van der Waals surface area contributed by atoms with Crippen LogP contribution in [0.5, 0.6) is 0 Å². The van der Waals surface area contributed by atoms with Crippen LogP contribution in [-0.2, 0) is 9.59 Å².